The maximum absolute atomic E-state index is 8.79. The lowest BCUT2D eigenvalue weighted by atomic mass is 9.77. The summed E-state index contributed by atoms with van der Waals surface area (Å²) >= 11 is 0. The summed E-state index contributed by atoms with van der Waals surface area (Å²) in [5.41, 5.74) is 5.33. The van der Waals surface area contributed by atoms with E-state index in [0.717, 1.165) is 19.3 Å². The zero-order valence-electron chi connectivity index (χ0n) is 6.65. The fraction of sp³-hybridized carbons (Fsp3) is 0.875. The predicted molar refractivity (Wildman–Crippen MR) is 40.2 cm³/mol. The summed E-state index contributed by atoms with van der Waals surface area (Å²) in [5.74, 6) is 0. The molecule has 10 heavy (non-hydrogen) atoms. The molecule has 1 saturated carbocycles. The van der Waals surface area contributed by atoms with Crippen molar-refractivity contribution in [3.8, 4) is 6.07 Å². The molecule has 2 nitrogen and oxygen atoms in total. The second-order valence-corrected chi connectivity index (χ2v) is 3.82. The Labute approximate surface area is 62.0 Å². The molecule has 0 aromatic heterocycles. The minimum absolute atomic E-state index is 0.0156. The third-order valence-electron chi connectivity index (χ3n) is 2.78. The molecule has 0 aromatic rings. The van der Waals surface area contributed by atoms with Crippen molar-refractivity contribution in [1.82, 2.24) is 0 Å². The summed E-state index contributed by atoms with van der Waals surface area (Å²) in [7, 11) is 0. The smallest absolute Gasteiger partial charge is 0.109 e. The number of nitrogens with two attached hydrogens (primary N) is 1. The van der Waals surface area contributed by atoms with Gasteiger partial charge in [-0.15, -0.1) is 0 Å². The van der Waals surface area contributed by atoms with Crippen molar-refractivity contribution in [2.24, 2.45) is 11.1 Å². The van der Waals surface area contributed by atoms with Crippen molar-refractivity contribution < 1.29 is 0 Å². The van der Waals surface area contributed by atoms with Crippen LogP contribution in [0.3, 0.4) is 0 Å². The molecule has 0 heterocycles. The summed E-state index contributed by atoms with van der Waals surface area (Å²) in [6, 6.07) is 2.21. The van der Waals surface area contributed by atoms with Crippen LogP contribution in [-0.2, 0) is 0 Å². The molecule has 1 rings (SSSR count). The Balaban J connectivity index is 2.89. The maximum atomic E-state index is 8.79. The lowest BCUT2D eigenvalue weighted by molar-refractivity contribution is 0.268. The van der Waals surface area contributed by atoms with Crippen molar-refractivity contribution in [3.63, 3.8) is 0 Å². The monoisotopic (exact) mass is 138 g/mol. The van der Waals surface area contributed by atoms with Crippen molar-refractivity contribution in [1.29, 1.82) is 5.26 Å². The minimum Gasteiger partial charge on any atom is -0.313 e. The molecule has 1 atom stereocenters. The van der Waals surface area contributed by atoms with E-state index >= 15 is 0 Å². The molecule has 0 saturated heterocycles. The average Bonchev–Trinajstić information content (AvgIpc) is 2.10. The third-order valence-corrected chi connectivity index (χ3v) is 2.78. The van der Waals surface area contributed by atoms with E-state index in [1.165, 1.54) is 0 Å². The minimum atomic E-state index is -0.562. The van der Waals surface area contributed by atoms with Gasteiger partial charge >= 0.3 is 0 Å². The fourth-order valence-corrected chi connectivity index (χ4v) is 1.58. The highest BCUT2D eigenvalue weighted by molar-refractivity contribution is 5.16. The highest BCUT2D eigenvalue weighted by Gasteiger charge is 2.46. The van der Waals surface area contributed by atoms with Crippen LogP contribution in [0, 0.1) is 16.7 Å². The van der Waals surface area contributed by atoms with Crippen LogP contribution in [0.2, 0.25) is 0 Å². The first-order valence-corrected chi connectivity index (χ1v) is 3.72. The highest BCUT2D eigenvalue weighted by atomic mass is 14.8. The lowest BCUT2D eigenvalue weighted by Gasteiger charge is -2.31. The van der Waals surface area contributed by atoms with E-state index in [-0.39, 0.29) is 5.41 Å². The molecular weight excluding hydrogens is 124 g/mol. The Bertz CT molecular complexity index is 178. The van der Waals surface area contributed by atoms with Gasteiger partial charge in [0.2, 0.25) is 0 Å². The summed E-state index contributed by atoms with van der Waals surface area (Å²) in [5, 5.41) is 8.79. The largest absolute Gasteiger partial charge is 0.313 e. The van der Waals surface area contributed by atoms with E-state index in [1.807, 2.05) is 0 Å². The van der Waals surface area contributed by atoms with Gasteiger partial charge < -0.3 is 5.73 Å². The average molecular weight is 138 g/mol. The summed E-state index contributed by atoms with van der Waals surface area (Å²) in [6.07, 6.45) is 3.03. The van der Waals surface area contributed by atoms with E-state index < -0.39 is 5.54 Å². The standard InChI is InChI=1S/C8H14N2/c1-7(2)4-3-5-8(7,10)6-9/h3-5,10H2,1-2H3. The Morgan fingerprint density at radius 2 is 2.00 bits per heavy atom. The van der Waals surface area contributed by atoms with E-state index in [2.05, 4.69) is 19.9 Å². The van der Waals surface area contributed by atoms with Crippen molar-refractivity contribution in [2.45, 2.75) is 38.6 Å². The molecule has 2 heteroatoms. The number of nitrogens with zero attached hydrogens (tertiary/aromatic N) is 1. The molecule has 56 valence electrons. The molecule has 2 N–H and O–H groups in total. The summed E-state index contributed by atoms with van der Waals surface area (Å²) in [4.78, 5) is 0. The van der Waals surface area contributed by atoms with Crippen LogP contribution in [0.1, 0.15) is 33.1 Å². The van der Waals surface area contributed by atoms with E-state index in [1.54, 1.807) is 0 Å². The van der Waals surface area contributed by atoms with Gasteiger partial charge in [-0.3, -0.25) is 0 Å². The number of hydrogen-bond acceptors (Lipinski definition) is 2. The second-order valence-electron chi connectivity index (χ2n) is 3.82. The van der Waals surface area contributed by atoms with Gasteiger partial charge in [-0.2, -0.15) is 5.26 Å². The van der Waals surface area contributed by atoms with Gasteiger partial charge in [0.15, 0.2) is 0 Å². The lowest BCUT2D eigenvalue weighted by Crippen LogP contribution is -2.47. The number of rotatable bonds is 0. The fourth-order valence-electron chi connectivity index (χ4n) is 1.58. The van der Waals surface area contributed by atoms with Gasteiger partial charge in [-0.25, -0.2) is 0 Å². The normalized spacial score (nSPS) is 37.4. The Kier molecular flexibility index (Phi) is 1.48. The van der Waals surface area contributed by atoms with Crippen LogP contribution in [0.5, 0.6) is 0 Å². The van der Waals surface area contributed by atoms with Gasteiger partial charge in [0.25, 0.3) is 0 Å². The van der Waals surface area contributed by atoms with Crippen LogP contribution < -0.4 is 5.73 Å². The van der Waals surface area contributed by atoms with Crippen LogP contribution in [0.4, 0.5) is 0 Å². The second kappa shape index (κ2) is 1.96. The van der Waals surface area contributed by atoms with Crippen LogP contribution in [0.15, 0.2) is 0 Å². The number of nitriles is 1. The van der Waals surface area contributed by atoms with Crippen molar-refractivity contribution in [2.75, 3.05) is 0 Å². The van der Waals surface area contributed by atoms with Crippen LogP contribution in [-0.4, -0.2) is 5.54 Å². The topological polar surface area (TPSA) is 49.8 Å². The molecule has 0 radical (unpaired) electrons. The van der Waals surface area contributed by atoms with Crippen LogP contribution >= 0.6 is 0 Å². The van der Waals surface area contributed by atoms with Gasteiger partial charge in [0.05, 0.1) is 6.07 Å². The zero-order chi connectivity index (χ0) is 7.83. The Morgan fingerprint density at radius 1 is 1.40 bits per heavy atom. The first kappa shape index (κ1) is 7.56. The maximum Gasteiger partial charge on any atom is 0.109 e. The molecule has 0 aromatic carbocycles. The molecule has 1 fully saturated rings. The molecule has 0 bridgehead atoms. The molecule has 0 aliphatic heterocycles. The van der Waals surface area contributed by atoms with Gasteiger partial charge in [-0.05, 0) is 24.7 Å². The molecule has 1 aliphatic rings. The van der Waals surface area contributed by atoms with E-state index in [9.17, 15) is 0 Å². The van der Waals surface area contributed by atoms with Crippen molar-refractivity contribution >= 4 is 0 Å². The summed E-state index contributed by atoms with van der Waals surface area (Å²) < 4.78 is 0. The Hall–Kier alpha value is -0.550. The quantitative estimate of drug-likeness (QED) is 0.550. The van der Waals surface area contributed by atoms with E-state index in [4.69, 9.17) is 11.0 Å². The SMILES string of the molecule is CC1(C)CCCC1(N)C#N. The summed E-state index contributed by atoms with van der Waals surface area (Å²) in [6.45, 7) is 4.15. The van der Waals surface area contributed by atoms with Gasteiger partial charge in [0.1, 0.15) is 5.54 Å². The zero-order valence-corrected chi connectivity index (χ0v) is 6.65. The first-order valence-electron chi connectivity index (χ1n) is 3.72. The molecule has 0 amide bonds. The molecule has 1 aliphatic carbocycles. The van der Waals surface area contributed by atoms with Gasteiger partial charge in [-0.1, -0.05) is 13.8 Å². The first-order chi connectivity index (χ1) is 4.52. The predicted octanol–water partition coefficient (Wildman–Crippen LogP) is 1.42. The third kappa shape index (κ3) is 0.819. The van der Waals surface area contributed by atoms with Gasteiger partial charge in [0, 0.05) is 0 Å². The molecule has 1 unspecified atom stereocenters. The van der Waals surface area contributed by atoms with Crippen molar-refractivity contribution in [3.05, 3.63) is 0 Å². The van der Waals surface area contributed by atoms with Crippen LogP contribution in [0.25, 0.3) is 0 Å². The Morgan fingerprint density at radius 3 is 2.20 bits per heavy atom. The number of hydrogen-bond donors (Lipinski definition) is 1. The van der Waals surface area contributed by atoms with E-state index in [0.29, 0.717) is 0 Å². The molecular formula is C8H14N2. The highest BCUT2D eigenvalue weighted by Crippen LogP contribution is 2.43. The molecule has 0 spiro atoms.